The van der Waals surface area contributed by atoms with Crippen LogP contribution in [0.15, 0.2) is 24.3 Å². The van der Waals surface area contributed by atoms with E-state index in [1.165, 1.54) is 17.7 Å². The number of para-hydroxylation sites is 1. The second-order valence-corrected chi connectivity index (χ2v) is 4.14. The molecule has 2 rings (SSSR count). The van der Waals surface area contributed by atoms with E-state index in [0.717, 1.165) is 19.5 Å². The molecule has 0 saturated heterocycles. The molecule has 1 aliphatic heterocycles. The van der Waals surface area contributed by atoms with Crippen LogP contribution in [-0.4, -0.2) is 26.0 Å². The highest BCUT2D eigenvalue weighted by atomic mass is 16.1. The molecule has 1 aromatic rings. The van der Waals surface area contributed by atoms with Crippen LogP contribution in [-0.2, 0) is 11.2 Å². The Morgan fingerprint density at radius 3 is 3.06 bits per heavy atom. The van der Waals surface area contributed by atoms with Crippen molar-refractivity contribution in [3.05, 3.63) is 29.8 Å². The predicted octanol–water partition coefficient (Wildman–Crippen LogP) is 1.58. The summed E-state index contributed by atoms with van der Waals surface area (Å²) in [7, 11) is 1.69. The first kappa shape index (κ1) is 11.0. The molecule has 3 nitrogen and oxygen atoms in total. The number of fused-ring (bicyclic) bond motifs is 1. The van der Waals surface area contributed by atoms with Crippen molar-refractivity contribution >= 4 is 11.6 Å². The lowest BCUT2D eigenvalue weighted by molar-refractivity contribution is -0.120. The summed E-state index contributed by atoms with van der Waals surface area (Å²) < 4.78 is 0. The van der Waals surface area contributed by atoms with Gasteiger partial charge in [0.1, 0.15) is 0 Å². The molecule has 0 atom stereocenters. The fraction of sp³-hybridized carbons (Fsp3) is 0.462. The number of benzene rings is 1. The molecule has 1 aliphatic rings. The van der Waals surface area contributed by atoms with E-state index >= 15 is 0 Å². The lowest BCUT2D eigenvalue weighted by Gasteiger charge is -2.31. The molecule has 0 spiro atoms. The molecule has 1 N–H and O–H groups in total. The van der Waals surface area contributed by atoms with Gasteiger partial charge < -0.3 is 10.2 Å². The number of anilines is 1. The molecule has 0 unspecified atom stereocenters. The predicted molar refractivity (Wildman–Crippen MR) is 65.7 cm³/mol. The average molecular weight is 218 g/mol. The van der Waals surface area contributed by atoms with Gasteiger partial charge in [-0.3, -0.25) is 4.79 Å². The van der Waals surface area contributed by atoms with E-state index in [1.807, 2.05) is 0 Å². The fourth-order valence-electron chi connectivity index (χ4n) is 2.21. The van der Waals surface area contributed by atoms with Gasteiger partial charge >= 0.3 is 0 Å². The lowest BCUT2D eigenvalue weighted by Crippen LogP contribution is -2.33. The van der Waals surface area contributed by atoms with Crippen LogP contribution < -0.4 is 10.2 Å². The number of rotatable bonds is 3. The van der Waals surface area contributed by atoms with Crippen molar-refractivity contribution in [2.24, 2.45) is 0 Å². The zero-order valence-corrected chi connectivity index (χ0v) is 9.70. The summed E-state index contributed by atoms with van der Waals surface area (Å²) >= 11 is 0. The molecular formula is C13H18N2O. The average Bonchev–Trinajstić information content (AvgIpc) is 2.35. The number of nitrogens with zero attached hydrogens (tertiary/aromatic N) is 1. The van der Waals surface area contributed by atoms with Crippen LogP contribution in [0.1, 0.15) is 18.4 Å². The van der Waals surface area contributed by atoms with E-state index in [0.29, 0.717) is 6.42 Å². The Kier molecular flexibility index (Phi) is 3.44. The number of aryl methyl sites for hydroxylation is 1. The molecule has 16 heavy (non-hydrogen) atoms. The van der Waals surface area contributed by atoms with Gasteiger partial charge in [0, 0.05) is 32.2 Å². The molecule has 0 aromatic heterocycles. The van der Waals surface area contributed by atoms with Crippen LogP contribution in [0.3, 0.4) is 0 Å². The quantitative estimate of drug-likeness (QED) is 0.835. The highest BCUT2D eigenvalue weighted by molar-refractivity contribution is 5.76. The SMILES string of the molecule is CNC(=O)CCN1CCCc2ccccc21. The fourth-order valence-corrected chi connectivity index (χ4v) is 2.21. The Bertz CT molecular complexity index is 376. The Hall–Kier alpha value is -1.51. The molecule has 86 valence electrons. The van der Waals surface area contributed by atoms with E-state index in [9.17, 15) is 4.79 Å². The molecule has 1 amide bonds. The van der Waals surface area contributed by atoms with Gasteiger partial charge in [-0.25, -0.2) is 0 Å². The third-order valence-corrected chi connectivity index (χ3v) is 3.09. The summed E-state index contributed by atoms with van der Waals surface area (Å²) in [5.41, 5.74) is 2.71. The summed E-state index contributed by atoms with van der Waals surface area (Å²) in [5, 5.41) is 2.66. The van der Waals surface area contributed by atoms with E-state index < -0.39 is 0 Å². The Labute approximate surface area is 96.5 Å². The van der Waals surface area contributed by atoms with E-state index in [2.05, 4.69) is 34.5 Å². The maximum atomic E-state index is 11.2. The molecule has 0 aliphatic carbocycles. The van der Waals surface area contributed by atoms with Crippen molar-refractivity contribution < 1.29 is 4.79 Å². The summed E-state index contributed by atoms with van der Waals surface area (Å²) in [6.45, 7) is 1.88. The van der Waals surface area contributed by atoms with Gasteiger partial charge in [0.2, 0.25) is 5.91 Å². The molecule has 0 bridgehead atoms. The number of amides is 1. The minimum absolute atomic E-state index is 0.114. The van der Waals surface area contributed by atoms with Crippen LogP contribution in [0.5, 0.6) is 0 Å². The van der Waals surface area contributed by atoms with Gasteiger partial charge in [-0.05, 0) is 24.5 Å². The van der Waals surface area contributed by atoms with Crippen LogP contribution in [0.25, 0.3) is 0 Å². The van der Waals surface area contributed by atoms with Gasteiger partial charge in [-0.15, -0.1) is 0 Å². The molecule has 1 aromatic carbocycles. The molecule has 3 heteroatoms. The third-order valence-electron chi connectivity index (χ3n) is 3.09. The van der Waals surface area contributed by atoms with Crippen LogP contribution in [0, 0.1) is 0 Å². The summed E-state index contributed by atoms with van der Waals surface area (Å²) in [5.74, 6) is 0.114. The van der Waals surface area contributed by atoms with Crippen LogP contribution in [0.4, 0.5) is 5.69 Å². The van der Waals surface area contributed by atoms with Crippen molar-refractivity contribution in [1.82, 2.24) is 5.32 Å². The largest absolute Gasteiger partial charge is 0.371 e. The van der Waals surface area contributed by atoms with Gasteiger partial charge in [-0.1, -0.05) is 18.2 Å². The highest BCUT2D eigenvalue weighted by Gasteiger charge is 2.16. The van der Waals surface area contributed by atoms with Gasteiger partial charge in [0.25, 0.3) is 0 Å². The van der Waals surface area contributed by atoms with Gasteiger partial charge in [0.15, 0.2) is 0 Å². The Balaban J connectivity index is 2.04. The number of carbonyl (C=O) groups excluding carboxylic acids is 1. The zero-order valence-electron chi connectivity index (χ0n) is 9.70. The second kappa shape index (κ2) is 5.01. The first-order chi connectivity index (χ1) is 7.81. The third kappa shape index (κ3) is 2.35. The molecule has 0 radical (unpaired) electrons. The van der Waals surface area contributed by atoms with Crippen molar-refractivity contribution in [2.45, 2.75) is 19.3 Å². The monoisotopic (exact) mass is 218 g/mol. The van der Waals surface area contributed by atoms with Gasteiger partial charge in [-0.2, -0.15) is 0 Å². The number of carbonyl (C=O) groups is 1. The summed E-state index contributed by atoms with van der Waals surface area (Å²) in [6.07, 6.45) is 2.92. The first-order valence-corrected chi connectivity index (χ1v) is 5.84. The van der Waals surface area contributed by atoms with Crippen molar-refractivity contribution in [1.29, 1.82) is 0 Å². The Morgan fingerprint density at radius 2 is 2.25 bits per heavy atom. The smallest absolute Gasteiger partial charge is 0.221 e. The number of hydrogen-bond donors (Lipinski definition) is 1. The standard InChI is InChI=1S/C13H18N2O/c1-14-13(16)8-10-15-9-4-6-11-5-2-3-7-12(11)15/h2-3,5,7H,4,6,8-10H2,1H3,(H,14,16). The van der Waals surface area contributed by atoms with Gasteiger partial charge in [0.05, 0.1) is 0 Å². The lowest BCUT2D eigenvalue weighted by atomic mass is 10.0. The minimum Gasteiger partial charge on any atom is -0.371 e. The summed E-state index contributed by atoms with van der Waals surface area (Å²) in [4.78, 5) is 13.5. The van der Waals surface area contributed by atoms with Crippen molar-refractivity contribution in [3.63, 3.8) is 0 Å². The molecule has 1 heterocycles. The topological polar surface area (TPSA) is 32.3 Å². The molecular weight excluding hydrogens is 200 g/mol. The second-order valence-electron chi connectivity index (χ2n) is 4.14. The zero-order chi connectivity index (χ0) is 11.4. The van der Waals surface area contributed by atoms with Crippen molar-refractivity contribution in [2.75, 3.05) is 25.0 Å². The highest BCUT2D eigenvalue weighted by Crippen LogP contribution is 2.26. The number of hydrogen-bond acceptors (Lipinski definition) is 2. The maximum Gasteiger partial charge on any atom is 0.221 e. The minimum atomic E-state index is 0.114. The van der Waals surface area contributed by atoms with Crippen LogP contribution in [0.2, 0.25) is 0 Å². The normalized spacial score (nSPS) is 14.4. The Morgan fingerprint density at radius 1 is 1.44 bits per heavy atom. The first-order valence-electron chi connectivity index (χ1n) is 5.84. The molecule has 0 saturated carbocycles. The van der Waals surface area contributed by atoms with E-state index in [1.54, 1.807) is 7.05 Å². The molecule has 0 fully saturated rings. The van der Waals surface area contributed by atoms with E-state index in [4.69, 9.17) is 0 Å². The van der Waals surface area contributed by atoms with E-state index in [-0.39, 0.29) is 5.91 Å². The van der Waals surface area contributed by atoms with Crippen LogP contribution >= 0.6 is 0 Å². The maximum absolute atomic E-state index is 11.2. The summed E-state index contributed by atoms with van der Waals surface area (Å²) in [6, 6.07) is 8.48. The van der Waals surface area contributed by atoms with Crippen molar-refractivity contribution in [3.8, 4) is 0 Å². The number of nitrogens with one attached hydrogen (secondary N) is 1.